The first-order chi connectivity index (χ1) is 13.9. The molecule has 0 N–H and O–H groups in total. The van der Waals surface area contributed by atoms with Gasteiger partial charge in [-0.3, -0.25) is 9.59 Å². The van der Waals surface area contributed by atoms with Gasteiger partial charge in [-0.15, -0.1) is 0 Å². The van der Waals surface area contributed by atoms with Crippen molar-refractivity contribution < 1.29 is 28.5 Å². The van der Waals surface area contributed by atoms with E-state index in [0.29, 0.717) is 40.2 Å². The van der Waals surface area contributed by atoms with Crippen LogP contribution in [-0.2, 0) is 16.2 Å². The van der Waals surface area contributed by atoms with Crippen LogP contribution < -0.4 is 18.9 Å². The molecular weight excluding hydrogens is 372 g/mol. The fraction of sp³-hybridized carbons (Fsp3) is 0.217. The van der Waals surface area contributed by atoms with Crippen molar-refractivity contribution in [1.29, 1.82) is 0 Å². The Morgan fingerprint density at radius 3 is 2.10 bits per heavy atom. The molecule has 0 atom stereocenters. The Morgan fingerprint density at radius 2 is 1.48 bits per heavy atom. The van der Waals surface area contributed by atoms with E-state index in [1.807, 2.05) is 30.3 Å². The Kier molecular flexibility index (Phi) is 6.02. The normalized spacial score (nSPS) is 10.5. The largest absolute Gasteiger partial charge is 0.492 e. The van der Waals surface area contributed by atoms with Crippen molar-refractivity contribution in [2.24, 2.45) is 0 Å². The fourth-order valence-corrected chi connectivity index (χ4v) is 3.10. The van der Waals surface area contributed by atoms with E-state index >= 15 is 0 Å². The van der Waals surface area contributed by atoms with Gasteiger partial charge >= 0.3 is 11.9 Å². The van der Waals surface area contributed by atoms with Gasteiger partial charge in [-0.25, -0.2) is 0 Å². The van der Waals surface area contributed by atoms with Gasteiger partial charge in [0, 0.05) is 30.2 Å². The van der Waals surface area contributed by atoms with Gasteiger partial charge in [0.15, 0.2) is 11.5 Å². The summed E-state index contributed by atoms with van der Waals surface area (Å²) < 4.78 is 22.2. The monoisotopic (exact) mass is 394 g/mol. The molecule has 0 saturated heterocycles. The van der Waals surface area contributed by atoms with Crippen LogP contribution in [0.15, 0.2) is 48.5 Å². The van der Waals surface area contributed by atoms with Crippen LogP contribution in [0.1, 0.15) is 25.0 Å². The molecule has 6 nitrogen and oxygen atoms in total. The van der Waals surface area contributed by atoms with Crippen molar-refractivity contribution in [2.75, 3.05) is 7.11 Å². The highest BCUT2D eigenvalue weighted by Gasteiger charge is 2.22. The molecule has 3 aromatic rings. The fourth-order valence-electron chi connectivity index (χ4n) is 3.10. The Balaban J connectivity index is 2.13. The maximum absolute atomic E-state index is 11.7. The van der Waals surface area contributed by atoms with E-state index in [1.54, 1.807) is 25.1 Å². The summed E-state index contributed by atoms with van der Waals surface area (Å²) in [7, 11) is 1.47. The van der Waals surface area contributed by atoms with Crippen LogP contribution in [-0.4, -0.2) is 19.0 Å². The Bertz CT molecular complexity index is 1060. The molecule has 150 valence electrons. The molecule has 0 radical (unpaired) electrons. The van der Waals surface area contributed by atoms with E-state index < -0.39 is 11.9 Å². The van der Waals surface area contributed by atoms with Crippen LogP contribution in [0, 0.1) is 6.92 Å². The van der Waals surface area contributed by atoms with E-state index in [4.69, 9.17) is 18.9 Å². The average Bonchev–Trinajstić information content (AvgIpc) is 2.70. The maximum atomic E-state index is 11.7. The minimum atomic E-state index is -0.486. The first-order valence-corrected chi connectivity index (χ1v) is 9.08. The molecule has 6 heteroatoms. The molecular formula is C23H22O6. The molecule has 0 aromatic heterocycles. The standard InChI is InChI=1S/C23H22O6/c1-14-21(28-15(2)24)19-11-10-18(27-13-17-8-6-5-7-9-17)12-20(19)23(22(14)26-4)29-16(3)25/h5-12H,13H2,1-4H3. The lowest BCUT2D eigenvalue weighted by Crippen LogP contribution is -2.08. The number of carbonyl (C=O) groups is 2. The van der Waals surface area contributed by atoms with Crippen molar-refractivity contribution in [2.45, 2.75) is 27.4 Å². The average molecular weight is 394 g/mol. The number of esters is 2. The van der Waals surface area contributed by atoms with E-state index in [2.05, 4.69) is 0 Å². The first-order valence-electron chi connectivity index (χ1n) is 9.08. The third-order valence-corrected chi connectivity index (χ3v) is 4.31. The molecule has 0 aliphatic heterocycles. The minimum Gasteiger partial charge on any atom is -0.492 e. The second-order valence-corrected chi connectivity index (χ2v) is 6.49. The highest BCUT2D eigenvalue weighted by molar-refractivity contribution is 6.00. The van der Waals surface area contributed by atoms with Crippen LogP contribution in [0.25, 0.3) is 10.8 Å². The number of ether oxygens (including phenoxy) is 4. The van der Waals surface area contributed by atoms with Crippen molar-refractivity contribution in [3.05, 3.63) is 59.7 Å². The van der Waals surface area contributed by atoms with E-state index in [9.17, 15) is 9.59 Å². The number of carbonyl (C=O) groups excluding carboxylic acids is 2. The third-order valence-electron chi connectivity index (χ3n) is 4.31. The number of hydrogen-bond donors (Lipinski definition) is 0. The van der Waals surface area contributed by atoms with Gasteiger partial charge < -0.3 is 18.9 Å². The second-order valence-electron chi connectivity index (χ2n) is 6.49. The lowest BCUT2D eigenvalue weighted by Gasteiger charge is -2.18. The summed E-state index contributed by atoms with van der Waals surface area (Å²) in [4.78, 5) is 23.3. The topological polar surface area (TPSA) is 71.1 Å². The third kappa shape index (κ3) is 4.48. The molecule has 0 saturated carbocycles. The molecule has 3 rings (SSSR count). The van der Waals surface area contributed by atoms with Gasteiger partial charge in [0.1, 0.15) is 18.1 Å². The predicted octanol–water partition coefficient (Wildman–Crippen LogP) is 4.59. The highest BCUT2D eigenvalue weighted by atomic mass is 16.6. The van der Waals surface area contributed by atoms with Crippen molar-refractivity contribution in [3.8, 4) is 23.0 Å². The molecule has 0 unspecified atom stereocenters. The molecule has 0 heterocycles. The van der Waals surface area contributed by atoms with Crippen LogP contribution in [0.2, 0.25) is 0 Å². The number of rotatable bonds is 6. The summed E-state index contributed by atoms with van der Waals surface area (Å²) >= 11 is 0. The summed E-state index contributed by atoms with van der Waals surface area (Å²) in [5.74, 6) is 0.572. The van der Waals surface area contributed by atoms with Crippen molar-refractivity contribution >= 4 is 22.7 Å². The van der Waals surface area contributed by atoms with E-state index in [-0.39, 0.29) is 5.75 Å². The number of benzene rings is 3. The van der Waals surface area contributed by atoms with Crippen LogP contribution in [0.4, 0.5) is 0 Å². The van der Waals surface area contributed by atoms with Gasteiger partial charge in [0.05, 0.1) is 7.11 Å². The Morgan fingerprint density at radius 1 is 0.828 bits per heavy atom. The lowest BCUT2D eigenvalue weighted by atomic mass is 10.0. The predicted molar refractivity (Wildman–Crippen MR) is 109 cm³/mol. The van der Waals surface area contributed by atoms with Crippen molar-refractivity contribution in [3.63, 3.8) is 0 Å². The molecule has 29 heavy (non-hydrogen) atoms. The maximum Gasteiger partial charge on any atom is 0.308 e. The molecule has 0 spiro atoms. The molecule has 0 aliphatic rings. The SMILES string of the molecule is COc1c(C)c(OC(C)=O)c2ccc(OCc3ccccc3)cc2c1OC(C)=O. The molecule has 0 bridgehead atoms. The second kappa shape index (κ2) is 8.65. The zero-order valence-corrected chi connectivity index (χ0v) is 16.8. The van der Waals surface area contributed by atoms with Crippen molar-refractivity contribution in [1.82, 2.24) is 0 Å². The van der Waals surface area contributed by atoms with Gasteiger partial charge in [0.2, 0.25) is 0 Å². The van der Waals surface area contributed by atoms with Crippen LogP contribution in [0.3, 0.4) is 0 Å². The van der Waals surface area contributed by atoms with Gasteiger partial charge in [-0.05, 0) is 30.7 Å². The summed E-state index contributed by atoms with van der Waals surface area (Å²) in [6.07, 6.45) is 0. The highest BCUT2D eigenvalue weighted by Crippen LogP contribution is 2.46. The van der Waals surface area contributed by atoms with Gasteiger partial charge in [-0.1, -0.05) is 30.3 Å². The molecule has 0 aliphatic carbocycles. The molecule has 3 aromatic carbocycles. The molecule has 0 fully saturated rings. The quantitative estimate of drug-likeness (QED) is 0.450. The van der Waals surface area contributed by atoms with Gasteiger partial charge in [0.25, 0.3) is 0 Å². The summed E-state index contributed by atoms with van der Waals surface area (Å²) in [5, 5.41) is 1.16. The van der Waals surface area contributed by atoms with Crippen LogP contribution >= 0.6 is 0 Å². The summed E-state index contributed by atoms with van der Waals surface area (Å²) in [5.41, 5.74) is 1.58. The Hall–Kier alpha value is -3.54. The Labute approximate surface area is 169 Å². The number of hydrogen-bond acceptors (Lipinski definition) is 6. The smallest absolute Gasteiger partial charge is 0.308 e. The summed E-state index contributed by atoms with van der Waals surface area (Å²) in [6.45, 7) is 4.77. The first kappa shape index (κ1) is 20.2. The van der Waals surface area contributed by atoms with E-state index in [0.717, 1.165) is 5.56 Å². The zero-order chi connectivity index (χ0) is 21.0. The van der Waals surface area contributed by atoms with Gasteiger partial charge in [-0.2, -0.15) is 0 Å². The van der Waals surface area contributed by atoms with Crippen LogP contribution in [0.5, 0.6) is 23.0 Å². The van der Waals surface area contributed by atoms with E-state index in [1.165, 1.54) is 21.0 Å². The zero-order valence-electron chi connectivity index (χ0n) is 16.8. The minimum absolute atomic E-state index is 0.258. The lowest BCUT2D eigenvalue weighted by molar-refractivity contribution is -0.133. The summed E-state index contributed by atoms with van der Waals surface area (Å²) in [6, 6.07) is 15.1. The number of methoxy groups -OCH3 is 1. The molecule has 0 amide bonds. The number of fused-ring (bicyclic) bond motifs is 1.